The van der Waals surface area contributed by atoms with E-state index in [2.05, 4.69) is 50.8 Å². The minimum atomic E-state index is -1.71. The summed E-state index contributed by atoms with van der Waals surface area (Å²) in [6.45, 7) is 10.1. The van der Waals surface area contributed by atoms with E-state index in [0.29, 0.717) is 12.5 Å². The Bertz CT molecular complexity index is 476. The maximum atomic E-state index is 6.14. The second-order valence-electron chi connectivity index (χ2n) is 6.80. The second-order valence-corrected chi connectivity index (χ2v) is 11.2. The van der Waals surface area contributed by atoms with E-state index in [-0.39, 0.29) is 11.6 Å². The molecule has 2 fully saturated rings. The summed E-state index contributed by atoms with van der Waals surface area (Å²) >= 11 is 0. The normalized spacial score (nSPS) is 34.4. The van der Waals surface area contributed by atoms with E-state index >= 15 is 0 Å². The summed E-state index contributed by atoms with van der Waals surface area (Å²) in [4.78, 5) is 5.82. The van der Waals surface area contributed by atoms with E-state index in [0.717, 1.165) is 6.61 Å². The van der Waals surface area contributed by atoms with Gasteiger partial charge in [-0.25, -0.2) is 0 Å². The standard InChI is InChI=1S/C15H23NO3Si/c1-15-13(11-18-16(15)19-20(2,3)4)10-17-14(15)12-8-6-5-7-9-12/h5-9,13-14H,10-11H2,1-4H3/t13-,14-,15+/m1/s1. The molecule has 3 rings (SSSR count). The summed E-state index contributed by atoms with van der Waals surface area (Å²) in [7, 11) is -1.71. The van der Waals surface area contributed by atoms with Crippen LogP contribution >= 0.6 is 0 Å². The van der Waals surface area contributed by atoms with Gasteiger partial charge in [0, 0.05) is 5.92 Å². The van der Waals surface area contributed by atoms with E-state index in [9.17, 15) is 0 Å². The molecule has 5 heteroatoms. The maximum Gasteiger partial charge on any atom is 0.215 e. The lowest BCUT2D eigenvalue weighted by molar-refractivity contribution is -0.344. The molecule has 0 spiro atoms. The largest absolute Gasteiger partial charge is 0.371 e. The monoisotopic (exact) mass is 293 g/mol. The zero-order chi connectivity index (χ0) is 14.4. The first-order valence-corrected chi connectivity index (χ1v) is 10.6. The Kier molecular flexibility index (Phi) is 3.50. The predicted molar refractivity (Wildman–Crippen MR) is 79.3 cm³/mol. The van der Waals surface area contributed by atoms with Gasteiger partial charge in [-0.05, 0) is 32.1 Å². The van der Waals surface area contributed by atoms with Crippen molar-refractivity contribution in [3.63, 3.8) is 0 Å². The number of nitrogens with zero attached hydrogens (tertiary/aromatic N) is 1. The van der Waals surface area contributed by atoms with Crippen LogP contribution in [0.25, 0.3) is 0 Å². The van der Waals surface area contributed by atoms with E-state index in [1.807, 2.05) is 6.07 Å². The van der Waals surface area contributed by atoms with E-state index in [1.54, 1.807) is 5.23 Å². The Morgan fingerprint density at radius 1 is 1.20 bits per heavy atom. The SMILES string of the molecule is C[C@]12[C@H](CO[C@@H]1c1ccccc1)CON2O[Si](C)(C)C. The van der Waals surface area contributed by atoms with Gasteiger partial charge >= 0.3 is 0 Å². The third kappa shape index (κ3) is 2.33. The molecule has 20 heavy (non-hydrogen) atoms. The zero-order valence-electron chi connectivity index (χ0n) is 12.6. The minimum absolute atomic E-state index is 0.00690. The van der Waals surface area contributed by atoms with Crippen LogP contribution in [0.3, 0.4) is 0 Å². The quantitative estimate of drug-likeness (QED) is 0.801. The summed E-state index contributed by atoms with van der Waals surface area (Å²) < 4.78 is 12.2. The first kappa shape index (κ1) is 14.2. The molecule has 2 aliphatic rings. The lowest BCUT2D eigenvalue weighted by Crippen LogP contribution is -2.50. The van der Waals surface area contributed by atoms with Gasteiger partial charge in [0.05, 0.1) is 13.2 Å². The molecule has 0 radical (unpaired) electrons. The number of hydrogen-bond donors (Lipinski definition) is 0. The molecule has 0 saturated carbocycles. The van der Waals surface area contributed by atoms with Crippen molar-refractivity contribution in [2.75, 3.05) is 13.2 Å². The Balaban J connectivity index is 1.90. The van der Waals surface area contributed by atoms with Crippen molar-refractivity contribution in [3.8, 4) is 0 Å². The number of rotatable bonds is 3. The van der Waals surface area contributed by atoms with Crippen molar-refractivity contribution in [2.45, 2.75) is 38.2 Å². The predicted octanol–water partition coefficient (Wildman–Crippen LogP) is 3.15. The van der Waals surface area contributed by atoms with Gasteiger partial charge in [0.25, 0.3) is 0 Å². The molecule has 4 nitrogen and oxygen atoms in total. The van der Waals surface area contributed by atoms with Crippen LogP contribution in [0.2, 0.25) is 19.6 Å². The summed E-state index contributed by atoms with van der Waals surface area (Å²) in [6, 6.07) is 10.4. The molecule has 2 saturated heterocycles. The van der Waals surface area contributed by atoms with E-state index in [1.165, 1.54) is 5.56 Å². The number of hydroxylamine groups is 2. The molecule has 0 amide bonds. The van der Waals surface area contributed by atoms with Gasteiger partial charge in [0.15, 0.2) is 0 Å². The van der Waals surface area contributed by atoms with Crippen molar-refractivity contribution in [3.05, 3.63) is 35.9 Å². The minimum Gasteiger partial charge on any atom is -0.371 e. The van der Waals surface area contributed by atoms with Crippen LogP contribution in [0.15, 0.2) is 30.3 Å². The van der Waals surface area contributed by atoms with Crippen molar-refractivity contribution < 1.29 is 14.1 Å². The molecular weight excluding hydrogens is 270 g/mol. The molecule has 0 bridgehead atoms. The van der Waals surface area contributed by atoms with Crippen LogP contribution in [-0.2, 0) is 14.1 Å². The Morgan fingerprint density at radius 2 is 1.90 bits per heavy atom. The topological polar surface area (TPSA) is 30.9 Å². The van der Waals surface area contributed by atoms with Crippen LogP contribution in [0, 0.1) is 5.92 Å². The Hall–Kier alpha value is -0.723. The first-order chi connectivity index (χ1) is 9.41. The second kappa shape index (κ2) is 4.93. The van der Waals surface area contributed by atoms with Crippen molar-refractivity contribution in [2.24, 2.45) is 5.92 Å². The van der Waals surface area contributed by atoms with Gasteiger partial charge in [0.2, 0.25) is 8.32 Å². The number of hydrogen-bond acceptors (Lipinski definition) is 4. The van der Waals surface area contributed by atoms with E-state index < -0.39 is 8.32 Å². The van der Waals surface area contributed by atoms with Crippen LogP contribution in [-0.4, -0.2) is 32.3 Å². The molecular formula is C15H23NO3Si. The summed E-state index contributed by atoms with van der Waals surface area (Å²) in [5, 5.41) is 1.74. The molecule has 1 aromatic rings. The molecule has 1 aromatic carbocycles. The summed E-state index contributed by atoms with van der Waals surface area (Å²) in [5.74, 6) is 0.351. The number of ether oxygens (including phenoxy) is 1. The molecule has 0 N–H and O–H groups in total. The number of benzene rings is 1. The fourth-order valence-corrected chi connectivity index (χ4v) is 3.70. The third-order valence-corrected chi connectivity index (χ3v) is 4.78. The average molecular weight is 293 g/mol. The van der Waals surface area contributed by atoms with Crippen molar-refractivity contribution >= 4 is 8.32 Å². The average Bonchev–Trinajstić information content (AvgIpc) is 2.86. The summed E-state index contributed by atoms with van der Waals surface area (Å²) in [6.07, 6.45) is -0.00690. The van der Waals surface area contributed by atoms with Gasteiger partial charge in [-0.1, -0.05) is 35.6 Å². The van der Waals surface area contributed by atoms with Gasteiger partial charge in [0.1, 0.15) is 11.6 Å². The fraction of sp³-hybridized carbons (Fsp3) is 0.600. The third-order valence-electron chi connectivity index (χ3n) is 4.07. The molecule has 0 aromatic heterocycles. The van der Waals surface area contributed by atoms with E-state index in [4.69, 9.17) is 14.1 Å². The molecule has 110 valence electrons. The van der Waals surface area contributed by atoms with Crippen LogP contribution in [0.4, 0.5) is 0 Å². The van der Waals surface area contributed by atoms with Gasteiger partial charge in [-0.3, -0.25) is 4.84 Å². The zero-order valence-corrected chi connectivity index (χ0v) is 13.6. The Morgan fingerprint density at radius 3 is 2.55 bits per heavy atom. The van der Waals surface area contributed by atoms with Gasteiger partial charge in [-0.15, -0.1) is 0 Å². The highest BCUT2D eigenvalue weighted by molar-refractivity contribution is 6.69. The van der Waals surface area contributed by atoms with Gasteiger partial charge < -0.3 is 9.26 Å². The van der Waals surface area contributed by atoms with Crippen molar-refractivity contribution in [1.29, 1.82) is 0 Å². The highest BCUT2D eigenvalue weighted by Gasteiger charge is 2.59. The van der Waals surface area contributed by atoms with Crippen LogP contribution < -0.4 is 0 Å². The molecule has 0 unspecified atom stereocenters. The maximum absolute atomic E-state index is 6.14. The Labute approximate surface area is 121 Å². The lowest BCUT2D eigenvalue weighted by Gasteiger charge is -2.38. The highest BCUT2D eigenvalue weighted by atomic mass is 28.4. The van der Waals surface area contributed by atoms with Crippen LogP contribution in [0.1, 0.15) is 18.6 Å². The van der Waals surface area contributed by atoms with Gasteiger partial charge in [-0.2, -0.15) is 0 Å². The fourth-order valence-electron chi connectivity index (χ4n) is 2.96. The smallest absolute Gasteiger partial charge is 0.215 e. The highest BCUT2D eigenvalue weighted by Crippen LogP contribution is 2.50. The lowest BCUT2D eigenvalue weighted by atomic mass is 9.83. The summed E-state index contributed by atoms with van der Waals surface area (Å²) in [5.41, 5.74) is 0.939. The first-order valence-electron chi connectivity index (χ1n) is 7.20. The molecule has 0 aliphatic carbocycles. The van der Waals surface area contributed by atoms with Crippen LogP contribution in [0.5, 0.6) is 0 Å². The molecule has 3 atom stereocenters. The molecule has 2 heterocycles. The number of fused-ring (bicyclic) bond motifs is 1. The van der Waals surface area contributed by atoms with Crippen molar-refractivity contribution in [1.82, 2.24) is 5.23 Å². The molecule has 2 aliphatic heterocycles.